The zero-order chi connectivity index (χ0) is 19.2. The molecule has 2 saturated heterocycles. The molecule has 0 N–H and O–H groups in total. The summed E-state index contributed by atoms with van der Waals surface area (Å²) in [5.41, 5.74) is 0.117. The highest BCUT2D eigenvalue weighted by molar-refractivity contribution is 6.00. The van der Waals surface area contributed by atoms with Crippen molar-refractivity contribution in [2.45, 2.75) is 72.3 Å². The molecule has 2 rings (SSSR count). The predicted molar refractivity (Wildman–Crippen MR) is 100 cm³/mol. The minimum absolute atomic E-state index is 0.117. The Morgan fingerprint density at radius 1 is 1.15 bits per heavy atom. The lowest BCUT2D eigenvalue weighted by molar-refractivity contribution is 0.121. The average Bonchev–Trinajstić information content (AvgIpc) is 2.92. The summed E-state index contributed by atoms with van der Waals surface area (Å²) >= 11 is 0. The molecule has 0 aromatic rings. The first-order chi connectivity index (χ1) is 12.4. The predicted octanol–water partition coefficient (Wildman–Crippen LogP) is 4.02. The van der Waals surface area contributed by atoms with Crippen molar-refractivity contribution in [1.29, 1.82) is 0 Å². The molecule has 2 fully saturated rings. The van der Waals surface area contributed by atoms with Gasteiger partial charge in [-0.1, -0.05) is 40.5 Å². The number of hydrogen-bond donors (Lipinski definition) is 0. The molecule has 1 unspecified atom stereocenters. The number of carbonyl (C=O) groups excluding carboxylic acids is 2. The minimum atomic E-state index is -0.635. The van der Waals surface area contributed by atoms with Gasteiger partial charge in [-0.3, -0.25) is 0 Å². The summed E-state index contributed by atoms with van der Waals surface area (Å²) in [7, 11) is 0. The van der Waals surface area contributed by atoms with Crippen LogP contribution in [0.25, 0.3) is 0 Å². The number of carbonyl (C=O) groups is 2. The zero-order valence-electron chi connectivity index (χ0n) is 16.6. The molecule has 0 radical (unpaired) electrons. The van der Waals surface area contributed by atoms with E-state index in [1.807, 2.05) is 13.8 Å². The van der Waals surface area contributed by atoms with Crippen LogP contribution in [0.5, 0.6) is 0 Å². The number of rotatable bonds is 6. The van der Waals surface area contributed by atoms with Crippen molar-refractivity contribution in [3.8, 4) is 0 Å². The third kappa shape index (κ3) is 5.35. The maximum absolute atomic E-state index is 12.5. The van der Waals surface area contributed by atoms with E-state index in [2.05, 4.69) is 23.7 Å². The molecule has 0 spiro atoms. The number of nitrogens with zero attached hydrogens (tertiary/aromatic N) is 3. The van der Waals surface area contributed by atoms with Crippen LogP contribution in [0.15, 0.2) is 4.99 Å². The van der Waals surface area contributed by atoms with E-state index in [1.165, 1.54) is 4.90 Å². The first kappa shape index (κ1) is 20.5. The molecule has 148 valence electrons. The van der Waals surface area contributed by atoms with E-state index in [0.29, 0.717) is 25.7 Å². The lowest BCUT2D eigenvalue weighted by Gasteiger charge is -2.40. The van der Waals surface area contributed by atoms with Gasteiger partial charge in [0, 0.05) is 6.54 Å². The summed E-state index contributed by atoms with van der Waals surface area (Å²) in [6.07, 6.45) is 4.53. The largest absolute Gasteiger partial charge is 0.449 e. The highest BCUT2D eigenvalue weighted by atomic mass is 16.6. The first-order valence-corrected chi connectivity index (χ1v) is 9.84. The molecule has 0 aromatic heterocycles. The normalized spacial score (nSPS) is 23.1. The average molecular weight is 367 g/mol. The second-order valence-corrected chi connectivity index (χ2v) is 7.94. The van der Waals surface area contributed by atoms with Crippen molar-refractivity contribution in [1.82, 2.24) is 9.80 Å². The second-order valence-electron chi connectivity index (χ2n) is 7.94. The number of guanidine groups is 1. The van der Waals surface area contributed by atoms with Crippen LogP contribution in [0.1, 0.15) is 66.2 Å². The van der Waals surface area contributed by atoms with Crippen LogP contribution in [0.2, 0.25) is 0 Å². The smallest absolute Gasteiger partial charge is 0.436 e. The Labute approximate surface area is 156 Å². The Bertz CT molecular complexity index is 533. The Balaban J connectivity index is 2.14. The van der Waals surface area contributed by atoms with Gasteiger partial charge in [-0.15, -0.1) is 4.99 Å². The monoisotopic (exact) mass is 367 g/mol. The van der Waals surface area contributed by atoms with Gasteiger partial charge >= 0.3 is 12.2 Å². The topological polar surface area (TPSA) is 71.4 Å². The number of aliphatic imine (C=N–C) groups is 1. The van der Waals surface area contributed by atoms with Crippen molar-refractivity contribution in [3.63, 3.8) is 0 Å². The van der Waals surface area contributed by atoms with Gasteiger partial charge in [0.25, 0.3) is 0 Å². The molecule has 0 bridgehead atoms. The minimum Gasteiger partial charge on any atom is -0.449 e. The van der Waals surface area contributed by atoms with E-state index in [-0.39, 0.29) is 11.5 Å². The van der Waals surface area contributed by atoms with Gasteiger partial charge in [-0.25, -0.2) is 14.5 Å². The third-order valence-corrected chi connectivity index (χ3v) is 4.94. The molecule has 2 aliphatic rings. The van der Waals surface area contributed by atoms with E-state index in [4.69, 9.17) is 9.47 Å². The van der Waals surface area contributed by atoms with Gasteiger partial charge < -0.3 is 14.4 Å². The maximum Gasteiger partial charge on any atom is 0.436 e. The van der Waals surface area contributed by atoms with Crippen molar-refractivity contribution in [3.05, 3.63) is 0 Å². The molecular formula is C19H33N3O4. The zero-order valence-corrected chi connectivity index (χ0v) is 16.6. The third-order valence-electron chi connectivity index (χ3n) is 4.94. The number of amides is 2. The molecule has 7 heteroatoms. The van der Waals surface area contributed by atoms with E-state index in [1.54, 1.807) is 0 Å². The van der Waals surface area contributed by atoms with Gasteiger partial charge in [-0.05, 0) is 31.1 Å². The van der Waals surface area contributed by atoms with Crippen LogP contribution < -0.4 is 0 Å². The summed E-state index contributed by atoms with van der Waals surface area (Å²) in [4.78, 5) is 32.4. The fourth-order valence-electron chi connectivity index (χ4n) is 3.33. The summed E-state index contributed by atoms with van der Waals surface area (Å²) in [6.45, 7) is 10.5. The molecule has 0 aromatic carbocycles. The highest BCUT2D eigenvalue weighted by Crippen LogP contribution is 2.36. The molecular weight excluding hydrogens is 334 g/mol. The standard InChI is InChI=1S/C19H33N3O4/c1-5-7-11-25-17(23)20-16-21(18(24)26-12-8-6-2)13-15-9-10-19(3,4)14-22(15)16/h15H,5-14H2,1-4H3/b20-16-. The van der Waals surface area contributed by atoms with E-state index < -0.39 is 12.2 Å². The van der Waals surface area contributed by atoms with Crippen LogP contribution in [0.3, 0.4) is 0 Å². The van der Waals surface area contributed by atoms with Crippen LogP contribution in [0, 0.1) is 5.41 Å². The van der Waals surface area contributed by atoms with E-state index >= 15 is 0 Å². The molecule has 7 nitrogen and oxygen atoms in total. The highest BCUT2D eigenvalue weighted by Gasteiger charge is 2.45. The Kier molecular flexibility index (Phi) is 7.29. The van der Waals surface area contributed by atoms with Gasteiger partial charge in [0.2, 0.25) is 5.96 Å². The first-order valence-electron chi connectivity index (χ1n) is 9.84. The fourth-order valence-corrected chi connectivity index (χ4v) is 3.33. The van der Waals surface area contributed by atoms with Crippen molar-refractivity contribution in [2.75, 3.05) is 26.3 Å². The summed E-state index contributed by atoms with van der Waals surface area (Å²) < 4.78 is 10.5. The number of fused-ring (bicyclic) bond motifs is 1. The van der Waals surface area contributed by atoms with Gasteiger partial charge in [0.1, 0.15) is 0 Å². The van der Waals surface area contributed by atoms with E-state index in [0.717, 1.165) is 45.1 Å². The van der Waals surface area contributed by atoms with Crippen LogP contribution >= 0.6 is 0 Å². The number of piperidine rings is 1. The summed E-state index contributed by atoms with van der Waals surface area (Å²) in [6, 6.07) is 0.184. The van der Waals surface area contributed by atoms with Crippen LogP contribution in [0.4, 0.5) is 9.59 Å². The Hall–Kier alpha value is -1.79. The number of hydrogen-bond acceptors (Lipinski definition) is 4. The molecule has 2 heterocycles. The Morgan fingerprint density at radius 2 is 1.81 bits per heavy atom. The van der Waals surface area contributed by atoms with Crippen LogP contribution in [-0.4, -0.2) is 60.3 Å². The molecule has 0 aliphatic carbocycles. The van der Waals surface area contributed by atoms with Crippen molar-refractivity contribution in [2.24, 2.45) is 10.4 Å². The van der Waals surface area contributed by atoms with Crippen molar-refractivity contribution < 1.29 is 19.1 Å². The summed E-state index contributed by atoms with van der Waals surface area (Å²) in [5.74, 6) is 0.380. The second kappa shape index (κ2) is 9.24. The molecule has 2 amide bonds. The van der Waals surface area contributed by atoms with Gasteiger partial charge in [-0.2, -0.15) is 0 Å². The maximum atomic E-state index is 12.5. The number of ether oxygens (including phenoxy) is 2. The lowest BCUT2D eigenvalue weighted by atomic mass is 9.82. The molecule has 26 heavy (non-hydrogen) atoms. The molecule has 1 atom stereocenters. The quantitative estimate of drug-likeness (QED) is 0.663. The Morgan fingerprint density at radius 3 is 2.46 bits per heavy atom. The van der Waals surface area contributed by atoms with Gasteiger partial charge in [0.05, 0.1) is 25.8 Å². The fraction of sp³-hybridized carbons (Fsp3) is 0.842. The van der Waals surface area contributed by atoms with Gasteiger partial charge in [0.15, 0.2) is 0 Å². The molecule has 0 saturated carbocycles. The summed E-state index contributed by atoms with van der Waals surface area (Å²) in [5, 5.41) is 0. The van der Waals surface area contributed by atoms with E-state index in [9.17, 15) is 9.59 Å². The number of unbranched alkanes of at least 4 members (excludes halogenated alkanes) is 2. The SMILES string of the molecule is CCCCOC(=O)/N=C1/N(C(=O)OCCCC)CC2CCC(C)(C)CN12. The van der Waals surface area contributed by atoms with Crippen molar-refractivity contribution >= 4 is 18.1 Å². The van der Waals surface area contributed by atoms with Crippen LogP contribution in [-0.2, 0) is 9.47 Å². The molecule has 2 aliphatic heterocycles. The lowest BCUT2D eigenvalue weighted by Crippen LogP contribution is -2.47.